The molecule has 21 heavy (non-hydrogen) atoms. The van der Waals surface area contributed by atoms with Crippen molar-refractivity contribution >= 4 is 11.6 Å². The average molecular weight is 283 g/mol. The highest BCUT2D eigenvalue weighted by atomic mass is 16.1. The molecule has 1 aromatic heterocycles. The fourth-order valence-electron chi connectivity index (χ4n) is 2.93. The van der Waals surface area contributed by atoms with Crippen molar-refractivity contribution in [3.63, 3.8) is 0 Å². The Kier molecular flexibility index (Phi) is 3.78. The van der Waals surface area contributed by atoms with Crippen molar-refractivity contribution in [2.75, 3.05) is 5.32 Å². The average Bonchev–Trinajstić information content (AvgIpc) is 2.78. The number of imidazole rings is 1. The number of aromatic nitrogens is 2. The SMILES string of the molecule is Cc1ccc(NC(=O)Cn2c(C)nc3c2CCCC3)cc1. The molecular formula is C17H21N3O. The van der Waals surface area contributed by atoms with Crippen molar-refractivity contribution in [3.8, 4) is 0 Å². The lowest BCUT2D eigenvalue weighted by Gasteiger charge is -2.14. The number of nitrogens with one attached hydrogen (secondary N) is 1. The van der Waals surface area contributed by atoms with Gasteiger partial charge < -0.3 is 9.88 Å². The van der Waals surface area contributed by atoms with E-state index >= 15 is 0 Å². The summed E-state index contributed by atoms with van der Waals surface area (Å²) < 4.78 is 2.07. The summed E-state index contributed by atoms with van der Waals surface area (Å²) in [7, 11) is 0. The number of carbonyl (C=O) groups excluding carboxylic acids is 1. The van der Waals surface area contributed by atoms with Gasteiger partial charge in [-0.2, -0.15) is 0 Å². The van der Waals surface area contributed by atoms with Crippen molar-refractivity contribution in [2.24, 2.45) is 0 Å². The summed E-state index contributed by atoms with van der Waals surface area (Å²) in [6, 6.07) is 7.87. The Bertz CT molecular complexity index is 655. The molecule has 4 heteroatoms. The minimum absolute atomic E-state index is 0.00715. The Morgan fingerprint density at radius 3 is 2.67 bits per heavy atom. The molecule has 1 aromatic carbocycles. The molecule has 2 aromatic rings. The second kappa shape index (κ2) is 5.72. The van der Waals surface area contributed by atoms with E-state index in [9.17, 15) is 4.79 Å². The summed E-state index contributed by atoms with van der Waals surface area (Å²) in [6.45, 7) is 4.37. The van der Waals surface area contributed by atoms with Crippen molar-refractivity contribution in [1.29, 1.82) is 0 Å². The Labute approximate surface area is 125 Å². The minimum atomic E-state index is 0.00715. The first kappa shape index (κ1) is 13.9. The number of nitrogens with zero attached hydrogens (tertiary/aromatic N) is 2. The van der Waals surface area contributed by atoms with Crippen molar-refractivity contribution in [3.05, 3.63) is 47.0 Å². The van der Waals surface area contributed by atoms with Gasteiger partial charge in [0.05, 0.1) is 5.69 Å². The molecule has 4 nitrogen and oxygen atoms in total. The Hall–Kier alpha value is -2.10. The summed E-state index contributed by atoms with van der Waals surface area (Å²) in [4.78, 5) is 16.8. The summed E-state index contributed by atoms with van der Waals surface area (Å²) in [6.07, 6.45) is 4.48. The smallest absolute Gasteiger partial charge is 0.244 e. The normalized spacial score (nSPS) is 13.8. The van der Waals surface area contributed by atoms with E-state index in [1.54, 1.807) is 0 Å². The highest BCUT2D eigenvalue weighted by Gasteiger charge is 2.19. The molecule has 0 spiro atoms. The van der Waals surface area contributed by atoms with Gasteiger partial charge in [-0.25, -0.2) is 4.98 Å². The molecule has 0 fully saturated rings. The van der Waals surface area contributed by atoms with Gasteiger partial charge in [-0.1, -0.05) is 17.7 Å². The molecule has 1 N–H and O–H groups in total. The lowest BCUT2D eigenvalue weighted by molar-refractivity contribution is -0.116. The molecule has 1 aliphatic rings. The molecule has 0 saturated carbocycles. The number of carbonyl (C=O) groups is 1. The van der Waals surface area contributed by atoms with Gasteiger partial charge in [0.1, 0.15) is 12.4 Å². The largest absolute Gasteiger partial charge is 0.325 e. The van der Waals surface area contributed by atoms with Crippen LogP contribution in [0.3, 0.4) is 0 Å². The number of amides is 1. The van der Waals surface area contributed by atoms with Crippen LogP contribution >= 0.6 is 0 Å². The Morgan fingerprint density at radius 1 is 1.19 bits per heavy atom. The number of aryl methyl sites for hydroxylation is 3. The van der Waals surface area contributed by atoms with E-state index in [1.165, 1.54) is 29.8 Å². The molecule has 0 unspecified atom stereocenters. The maximum Gasteiger partial charge on any atom is 0.244 e. The summed E-state index contributed by atoms with van der Waals surface area (Å²) >= 11 is 0. The third-order valence-corrected chi connectivity index (χ3v) is 4.06. The van der Waals surface area contributed by atoms with E-state index in [-0.39, 0.29) is 5.91 Å². The predicted octanol–water partition coefficient (Wildman–Crippen LogP) is 3.02. The monoisotopic (exact) mass is 283 g/mol. The first-order valence-electron chi connectivity index (χ1n) is 7.55. The maximum absolute atomic E-state index is 12.2. The van der Waals surface area contributed by atoms with E-state index in [0.29, 0.717) is 6.54 Å². The zero-order valence-corrected chi connectivity index (χ0v) is 12.6. The second-order valence-corrected chi connectivity index (χ2v) is 5.76. The van der Waals surface area contributed by atoms with E-state index in [2.05, 4.69) is 14.9 Å². The lowest BCUT2D eigenvalue weighted by Crippen LogP contribution is -2.21. The van der Waals surface area contributed by atoms with E-state index in [4.69, 9.17) is 0 Å². The second-order valence-electron chi connectivity index (χ2n) is 5.76. The van der Waals surface area contributed by atoms with Gasteiger partial charge in [0.25, 0.3) is 0 Å². The number of benzene rings is 1. The van der Waals surface area contributed by atoms with Gasteiger partial charge in [-0.15, -0.1) is 0 Å². The Balaban J connectivity index is 1.73. The van der Waals surface area contributed by atoms with E-state index < -0.39 is 0 Å². The summed E-state index contributed by atoms with van der Waals surface area (Å²) in [5.41, 5.74) is 4.46. The first-order chi connectivity index (χ1) is 10.1. The standard InChI is InChI=1S/C17H21N3O/c1-12-7-9-14(10-8-12)19-17(21)11-20-13(2)18-15-5-3-4-6-16(15)20/h7-10H,3-6,11H2,1-2H3,(H,19,21). The molecule has 1 aliphatic carbocycles. The van der Waals surface area contributed by atoms with E-state index in [1.807, 2.05) is 38.1 Å². The number of fused-ring (bicyclic) bond motifs is 1. The van der Waals surface area contributed by atoms with Gasteiger partial charge >= 0.3 is 0 Å². The predicted molar refractivity (Wildman–Crippen MR) is 83.4 cm³/mol. The molecule has 0 atom stereocenters. The molecule has 110 valence electrons. The number of anilines is 1. The molecule has 0 radical (unpaired) electrons. The maximum atomic E-state index is 12.2. The summed E-state index contributed by atoms with van der Waals surface area (Å²) in [5.74, 6) is 0.952. The summed E-state index contributed by atoms with van der Waals surface area (Å²) in [5, 5.41) is 2.95. The van der Waals surface area contributed by atoms with Crippen LogP contribution in [0.25, 0.3) is 0 Å². The van der Waals surface area contributed by atoms with E-state index in [0.717, 1.165) is 24.4 Å². The van der Waals surface area contributed by atoms with Crippen LogP contribution in [0.15, 0.2) is 24.3 Å². The Morgan fingerprint density at radius 2 is 1.90 bits per heavy atom. The van der Waals surface area contributed by atoms with Crippen LogP contribution in [0.4, 0.5) is 5.69 Å². The topological polar surface area (TPSA) is 46.9 Å². The van der Waals surface area contributed by atoms with Crippen LogP contribution in [0.1, 0.15) is 35.6 Å². The van der Waals surface area contributed by atoms with Gasteiger partial charge in [0.2, 0.25) is 5.91 Å². The third kappa shape index (κ3) is 2.99. The van der Waals surface area contributed by atoms with Crippen LogP contribution in [0.5, 0.6) is 0 Å². The fourth-order valence-corrected chi connectivity index (χ4v) is 2.93. The van der Waals surface area contributed by atoms with Gasteiger partial charge in [-0.05, 0) is 51.7 Å². The molecule has 0 aliphatic heterocycles. The zero-order chi connectivity index (χ0) is 14.8. The van der Waals surface area contributed by atoms with Crippen LogP contribution < -0.4 is 5.32 Å². The third-order valence-electron chi connectivity index (χ3n) is 4.06. The number of hydrogen-bond acceptors (Lipinski definition) is 2. The highest BCUT2D eigenvalue weighted by Crippen LogP contribution is 2.22. The van der Waals surface area contributed by atoms with Crippen molar-refractivity contribution < 1.29 is 4.79 Å². The van der Waals surface area contributed by atoms with Crippen molar-refractivity contribution in [2.45, 2.75) is 46.1 Å². The molecule has 1 amide bonds. The van der Waals surface area contributed by atoms with Gasteiger partial charge in [0.15, 0.2) is 0 Å². The van der Waals surface area contributed by atoms with Crippen LogP contribution in [0.2, 0.25) is 0 Å². The van der Waals surface area contributed by atoms with Crippen molar-refractivity contribution in [1.82, 2.24) is 9.55 Å². The molecule has 3 rings (SSSR count). The lowest BCUT2D eigenvalue weighted by atomic mass is 10.0. The van der Waals surface area contributed by atoms with Gasteiger partial charge in [0, 0.05) is 11.4 Å². The number of hydrogen-bond donors (Lipinski definition) is 1. The van der Waals surface area contributed by atoms with Crippen LogP contribution in [0, 0.1) is 13.8 Å². The fraction of sp³-hybridized carbons (Fsp3) is 0.412. The van der Waals surface area contributed by atoms with Crippen LogP contribution in [-0.4, -0.2) is 15.5 Å². The van der Waals surface area contributed by atoms with Crippen LogP contribution in [-0.2, 0) is 24.2 Å². The molecular weight excluding hydrogens is 262 g/mol. The molecule has 0 saturated heterocycles. The number of rotatable bonds is 3. The minimum Gasteiger partial charge on any atom is -0.325 e. The quantitative estimate of drug-likeness (QED) is 0.941. The zero-order valence-electron chi connectivity index (χ0n) is 12.6. The van der Waals surface area contributed by atoms with Gasteiger partial charge in [-0.3, -0.25) is 4.79 Å². The molecule has 1 heterocycles. The first-order valence-corrected chi connectivity index (χ1v) is 7.55. The highest BCUT2D eigenvalue weighted by molar-refractivity contribution is 5.90. The molecule has 0 bridgehead atoms.